The summed E-state index contributed by atoms with van der Waals surface area (Å²) >= 11 is 0. The maximum atomic E-state index is 5.46. The molecule has 0 spiro atoms. The zero-order chi connectivity index (χ0) is 18.9. The van der Waals surface area contributed by atoms with E-state index in [1.165, 1.54) is 0 Å². The molecule has 0 aliphatic heterocycles. The molecule has 0 fully saturated rings. The summed E-state index contributed by atoms with van der Waals surface area (Å²) in [5.74, 6) is 2.61. The summed E-state index contributed by atoms with van der Waals surface area (Å²) in [5.41, 5.74) is 1.15. The molecule has 0 radical (unpaired) electrons. The average Bonchev–Trinajstić information content (AvgIpc) is 3.12. The maximum Gasteiger partial charge on any atom is 0.246 e. The minimum Gasteiger partial charge on any atom is -0.497 e. The summed E-state index contributed by atoms with van der Waals surface area (Å²) in [6.07, 6.45) is -0.186. The molecule has 1 aromatic heterocycles. The third kappa shape index (κ3) is 5.45. The van der Waals surface area contributed by atoms with Crippen LogP contribution in [-0.4, -0.2) is 48.8 Å². The van der Waals surface area contributed by atoms with Crippen LogP contribution in [0.25, 0.3) is 0 Å². The summed E-state index contributed by atoms with van der Waals surface area (Å²) in [7, 11) is 5.37. The Hall–Kier alpha value is -2.61. The fourth-order valence-electron chi connectivity index (χ4n) is 2.45. The first kappa shape index (κ1) is 19.7. The quantitative estimate of drug-likeness (QED) is 0.571. The number of aliphatic imine (C=N–C) groups is 1. The Balaban J connectivity index is 1.90. The van der Waals surface area contributed by atoms with Crippen LogP contribution in [0.2, 0.25) is 0 Å². The zero-order valence-corrected chi connectivity index (χ0v) is 16.0. The topological polar surface area (TPSA) is 85.0 Å². The van der Waals surface area contributed by atoms with E-state index in [4.69, 9.17) is 14.0 Å². The van der Waals surface area contributed by atoms with Gasteiger partial charge in [0.05, 0.1) is 13.7 Å². The van der Waals surface area contributed by atoms with Crippen LogP contribution in [0.3, 0.4) is 0 Å². The van der Waals surface area contributed by atoms with E-state index in [1.807, 2.05) is 50.1 Å². The number of hydrogen-bond donors (Lipinski definition) is 1. The molecule has 1 aromatic carbocycles. The van der Waals surface area contributed by atoms with Gasteiger partial charge in [0.1, 0.15) is 11.9 Å². The lowest BCUT2D eigenvalue weighted by Gasteiger charge is -2.21. The number of benzene rings is 1. The van der Waals surface area contributed by atoms with Crippen LogP contribution < -0.4 is 10.1 Å². The molecule has 0 aliphatic carbocycles. The highest BCUT2D eigenvalue weighted by molar-refractivity contribution is 5.79. The number of methoxy groups -OCH3 is 1. The zero-order valence-electron chi connectivity index (χ0n) is 16.0. The van der Waals surface area contributed by atoms with Gasteiger partial charge in [0, 0.05) is 27.2 Å². The van der Waals surface area contributed by atoms with E-state index in [1.54, 1.807) is 14.2 Å². The molecule has 0 bridgehead atoms. The Morgan fingerprint density at radius 3 is 2.69 bits per heavy atom. The Labute approximate surface area is 154 Å². The van der Waals surface area contributed by atoms with Crippen molar-refractivity contribution in [1.29, 1.82) is 0 Å². The van der Waals surface area contributed by atoms with Crippen molar-refractivity contribution < 1.29 is 14.0 Å². The highest BCUT2D eigenvalue weighted by Crippen LogP contribution is 2.14. The van der Waals surface area contributed by atoms with Crippen LogP contribution in [0.4, 0.5) is 0 Å². The van der Waals surface area contributed by atoms with Crippen LogP contribution in [0, 0.1) is 0 Å². The molecule has 1 atom stereocenters. The lowest BCUT2D eigenvalue weighted by atomic mass is 10.2. The van der Waals surface area contributed by atoms with E-state index in [0.29, 0.717) is 31.4 Å². The number of hydrogen-bond acceptors (Lipinski definition) is 6. The number of rotatable bonds is 8. The van der Waals surface area contributed by atoms with Crippen molar-refractivity contribution >= 4 is 5.96 Å². The number of nitrogens with one attached hydrogen (secondary N) is 1. The van der Waals surface area contributed by atoms with E-state index in [0.717, 1.165) is 17.3 Å². The summed E-state index contributed by atoms with van der Waals surface area (Å²) in [4.78, 5) is 10.7. The lowest BCUT2D eigenvalue weighted by Crippen LogP contribution is -2.38. The maximum absolute atomic E-state index is 5.46. The van der Waals surface area contributed by atoms with Gasteiger partial charge in [0.25, 0.3) is 0 Å². The predicted molar refractivity (Wildman–Crippen MR) is 99.0 cm³/mol. The molecule has 1 unspecified atom stereocenters. The average molecular weight is 361 g/mol. The third-order valence-electron chi connectivity index (χ3n) is 3.81. The molecular weight excluding hydrogens is 334 g/mol. The van der Waals surface area contributed by atoms with Crippen LogP contribution in [0.1, 0.15) is 37.2 Å². The summed E-state index contributed by atoms with van der Waals surface area (Å²) in [6.45, 7) is 5.53. The molecule has 2 rings (SSSR count). The molecular formula is C18H27N5O3. The minimum atomic E-state index is -0.186. The monoisotopic (exact) mass is 361 g/mol. The first-order valence-corrected chi connectivity index (χ1v) is 8.56. The third-order valence-corrected chi connectivity index (χ3v) is 3.81. The Morgan fingerprint density at radius 1 is 1.35 bits per heavy atom. The number of nitrogens with zero attached hydrogens (tertiary/aromatic N) is 4. The fraction of sp³-hybridized carbons (Fsp3) is 0.500. The van der Waals surface area contributed by atoms with Gasteiger partial charge in [0.15, 0.2) is 11.8 Å². The van der Waals surface area contributed by atoms with Crippen molar-refractivity contribution in [2.45, 2.75) is 33.0 Å². The van der Waals surface area contributed by atoms with Crippen molar-refractivity contribution in [2.24, 2.45) is 4.99 Å². The van der Waals surface area contributed by atoms with E-state index < -0.39 is 0 Å². The van der Waals surface area contributed by atoms with Crippen LogP contribution >= 0.6 is 0 Å². The normalized spacial score (nSPS) is 12.7. The van der Waals surface area contributed by atoms with E-state index in [9.17, 15) is 0 Å². The molecule has 26 heavy (non-hydrogen) atoms. The van der Waals surface area contributed by atoms with Gasteiger partial charge in [-0.1, -0.05) is 17.3 Å². The standard InChI is InChI=1S/C18H27N5O3/c1-6-25-13(2)17-21-16(26-22-17)11-20-18(19-3)23(4)12-14-7-9-15(24-5)10-8-14/h7-10,13H,6,11-12H2,1-5H3,(H,19,20). The molecule has 8 nitrogen and oxygen atoms in total. The highest BCUT2D eigenvalue weighted by Gasteiger charge is 2.14. The predicted octanol–water partition coefficient (Wildman–Crippen LogP) is 2.38. The summed E-state index contributed by atoms with van der Waals surface area (Å²) in [5, 5.41) is 7.18. The van der Waals surface area contributed by atoms with Gasteiger partial charge in [-0.05, 0) is 31.5 Å². The molecule has 0 aliphatic rings. The largest absolute Gasteiger partial charge is 0.497 e. The Kier molecular flexibility index (Phi) is 7.40. The second kappa shape index (κ2) is 9.76. The minimum absolute atomic E-state index is 0.186. The van der Waals surface area contributed by atoms with Crippen molar-refractivity contribution in [3.05, 3.63) is 41.5 Å². The van der Waals surface area contributed by atoms with Crippen molar-refractivity contribution in [3.63, 3.8) is 0 Å². The van der Waals surface area contributed by atoms with Gasteiger partial charge in [0.2, 0.25) is 5.89 Å². The van der Waals surface area contributed by atoms with Crippen LogP contribution in [-0.2, 0) is 17.8 Å². The molecule has 1 N–H and O–H groups in total. The van der Waals surface area contributed by atoms with E-state index >= 15 is 0 Å². The molecule has 0 saturated heterocycles. The molecule has 2 aromatic rings. The Bertz CT molecular complexity index is 699. The lowest BCUT2D eigenvalue weighted by molar-refractivity contribution is 0.0683. The Morgan fingerprint density at radius 2 is 2.08 bits per heavy atom. The second-order valence-electron chi connectivity index (χ2n) is 5.75. The van der Waals surface area contributed by atoms with E-state index in [-0.39, 0.29) is 6.10 Å². The van der Waals surface area contributed by atoms with Crippen molar-refractivity contribution in [2.75, 3.05) is 27.8 Å². The molecule has 0 saturated carbocycles. The summed E-state index contributed by atoms with van der Waals surface area (Å²) < 4.78 is 15.9. The second-order valence-corrected chi connectivity index (χ2v) is 5.75. The smallest absolute Gasteiger partial charge is 0.246 e. The fourth-order valence-corrected chi connectivity index (χ4v) is 2.45. The van der Waals surface area contributed by atoms with Gasteiger partial charge in [-0.25, -0.2) is 0 Å². The first-order valence-electron chi connectivity index (χ1n) is 8.56. The van der Waals surface area contributed by atoms with Crippen molar-refractivity contribution in [3.8, 4) is 5.75 Å². The van der Waals surface area contributed by atoms with E-state index in [2.05, 4.69) is 20.4 Å². The van der Waals surface area contributed by atoms with Gasteiger partial charge >= 0.3 is 0 Å². The van der Waals surface area contributed by atoms with Gasteiger partial charge in [-0.15, -0.1) is 0 Å². The molecule has 142 valence electrons. The number of ether oxygens (including phenoxy) is 2. The van der Waals surface area contributed by atoms with Gasteiger partial charge in [-0.3, -0.25) is 4.99 Å². The van der Waals surface area contributed by atoms with Gasteiger partial charge < -0.3 is 24.2 Å². The molecule has 0 amide bonds. The molecule has 8 heteroatoms. The van der Waals surface area contributed by atoms with Crippen LogP contribution in [0.15, 0.2) is 33.8 Å². The number of aromatic nitrogens is 2. The highest BCUT2D eigenvalue weighted by atomic mass is 16.5. The SMILES string of the molecule is CCOC(C)c1noc(CNC(=NC)N(C)Cc2ccc(OC)cc2)n1. The van der Waals surface area contributed by atoms with Crippen LogP contribution in [0.5, 0.6) is 5.75 Å². The summed E-state index contributed by atoms with van der Waals surface area (Å²) in [6, 6.07) is 7.95. The van der Waals surface area contributed by atoms with Crippen molar-refractivity contribution in [1.82, 2.24) is 20.4 Å². The number of guanidine groups is 1. The molecule has 1 heterocycles. The van der Waals surface area contributed by atoms with Gasteiger partial charge in [-0.2, -0.15) is 4.98 Å². The first-order chi connectivity index (χ1) is 12.6.